The van der Waals surface area contributed by atoms with Crippen LogP contribution in [0, 0.1) is 6.92 Å². The van der Waals surface area contributed by atoms with Crippen molar-refractivity contribution in [3.63, 3.8) is 0 Å². The predicted octanol–water partition coefficient (Wildman–Crippen LogP) is 2.99. The van der Waals surface area contributed by atoms with Crippen LogP contribution in [0.15, 0.2) is 35.0 Å². The van der Waals surface area contributed by atoms with Crippen LogP contribution in [0.2, 0.25) is 0 Å². The van der Waals surface area contributed by atoms with E-state index in [9.17, 15) is 4.79 Å². The second-order valence-electron chi connectivity index (χ2n) is 7.09. The zero-order chi connectivity index (χ0) is 20.7. The van der Waals surface area contributed by atoms with E-state index in [2.05, 4.69) is 10.3 Å². The summed E-state index contributed by atoms with van der Waals surface area (Å²) in [7, 11) is 1.58. The Labute approximate surface area is 172 Å². The normalized spacial score (nSPS) is 14.3. The smallest absolute Gasteiger partial charge is 0.231 e. The summed E-state index contributed by atoms with van der Waals surface area (Å²) in [6.45, 7) is 2.60. The topological polar surface area (TPSA) is 96.2 Å². The Kier molecular flexibility index (Phi) is 4.42. The van der Waals surface area contributed by atoms with Gasteiger partial charge in [-0.15, -0.1) is 0 Å². The first-order valence-electron chi connectivity index (χ1n) is 9.44. The second kappa shape index (κ2) is 7.25. The number of benzene rings is 2. The number of hydrogen-bond donors (Lipinski definition) is 0. The quantitative estimate of drug-likeness (QED) is 0.651. The van der Waals surface area contributed by atoms with Gasteiger partial charge in [-0.3, -0.25) is 4.79 Å². The van der Waals surface area contributed by atoms with Crippen LogP contribution in [-0.4, -0.2) is 35.0 Å². The molecule has 0 saturated heterocycles. The minimum absolute atomic E-state index is 0.0926. The van der Waals surface area contributed by atoms with Gasteiger partial charge < -0.3 is 23.8 Å². The number of rotatable bonds is 3. The van der Waals surface area contributed by atoms with E-state index in [4.69, 9.17) is 23.6 Å². The number of methoxy groups -OCH3 is 1. The lowest BCUT2D eigenvalue weighted by molar-refractivity contribution is -0.131. The van der Waals surface area contributed by atoms with Crippen molar-refractivity contribution in [3.8, 4) is 28.7 Å². The van der Waals surface area contributed by atoms with Gasteiger partial charge in [0, 0.05) is 30.3 Å². The molecule has 3 heterocycles. The molecule has 2 aliphatic heterocycles. The number of aromatic nitrogens is 2. The van der Waals surface area contributed by atoms with Crippen molar-refractivity contribution < 1.29 is 28.4 Å². The molecular formula is C21H19N3O6. The number of hydrogen-bond acceptors (Lipinski definition) is 8. The molecule has 3 aromatic rings. The highest BCUT2D eigenvalue weighted by Crippen LogP contribution is 2.44. The van der Waals surface area contributed by atoms with Gasteiger partial charge in [-0.2, -0.15) is 0 Å². The first-order chi connectivity index (χ1) is 14.6. The van der Waals surface area contributed by atoms with E-state index in [1.807, 2.05) is 24.3 Å². The summed E-state index contributed by atoms with van der Waals surface area (Å²) in [4.78, 5) is 14.9. The van der Waals surface area contributed by atoms with Gasteiger partial charge in [-0.25, -0.2) is 4.63 Å². The number of carbonyl (C=O) groups is 1. The predicted molar refractivity (Wildman–Crippen MR) is 103 cm³/mol. The Bertz CT molecular complexity index is 1130. The van der Waals surface area contributed by atoms with Crippen LogP contribution in [0.3, 0.4) is 0 Å². The number of carbonyl (C=O) groups excluding carboxylic acids is 1. The van der Waals surface area contributed by atoms with Gasteiger partial charge in [0.2, 0.25) is 12.7 Å². The molecule has 0 fully saturated rings. The fourth-order valence-electron chi connectivity index (χ4n) is 3.56. The van der Waals surface area contributed by atoms with E-state index in [-0.39, 0.29) is 19.1 Å². The van der Waals surface area contributed by atoms with Crippen molar-refractivity contribution in [2.45, 2.75) is 26.4 Å². The summed E-state index contributed by atoms with van der Waals surface area (Å²) in [5.41, 5.74) is 2.76. The van der Waals surface area contributed by atoms with Crippen LogP contribution >= 0.6 is 0 Å². The van der Waals surface area contributed by atoms with Crippen molar-refractivity contribution in [1.82, 2.24) is 15.2 Å². The zero-order valence-electron chi connectivity index (χ0n) is 16.5. The lowest BCUT2D eigenvalue weighted by atomic mass is 10.1. The van der Waals surface area contributed by atoms with Crippen molar-refractivity contribution >= 4 is 5.91 Å². The van der Waals surface area contributed by atoms with Crippen LogP contribution in [0.4, 0.5) is 0 Å². The van der Waals surface area contributed by atoms with Gasteiger partial charge in [-0.05, 0) is 19.1 Å². The molecule has 2 aliphatic rings. The van der Waals surface area contributed by atoms with Crippen LogP contribution in [-0.2, 0) is 24.3 Å². The number of aryl methyl sites for hydroxylation is 1. The molecule has 0 spiro atoms. The summed E-state index contributed by atoms with van der Waals surface area (Å²) >= 11 is 0. The third kappa shape index (κ3) is 3.18. The highest BCUT2D eigenvalue weighted by molar-refractivity contribution is 5.79. The van der Waals surface area contributed by atoms with Crippen molar-refractivity contribution in [2.75, 3.05) is 13.9 Å². The average Bonchev–Trinajstić information content (AvgIpc) is 3.35. The molecule has 154 valence electrons. The number of ether oxygens (including phenoxy) is 4. The van der Waals surface area contributed by atoms with Gasteiger partial charge in [0.1, 0.15) is 17.1 Å². The standard InChI is InChI=1S/C21H19N3O6/c1-12-15(23-30-22-12)7-20(25)24-9-13-4-3-5-16(26-2)21(13)29-17-8-19-18(27-11-28-19)6-14(17)10-24/h3-6,8H,7,9-11H2,1-2H3. The monoisotopic (exact) mass is 409 g/mol. The molecule has 0 bridgehead atoms. The Hall–Kier alpha value is -3.75. The summed E-state index contributed by atoms with van der Waals surface area (Å²) in [6, 6.07) is 9.25. The van der Waals surface area contributed by atoms with E-state index in [0.29, 0.717) is 53.2 Å². The Morgan fingerprint density at radius 2 is 1.90 bits per heavy atom. The molecule has 30 heavy (non-hydrogen) atoms. The summed E-state index contributed by atoms with van der Waals surface area (Å²) in [6.07, 6.45) is 0.0926. The Morgan fingerprint density at radius 3 is 2.67 bits per heavy atom. The lowest BCUT2D eigenvalue weighted by Gasteiger charge is -2.28. The minimum Gasteiger partial charge on any atom is -0.493 e. The van der Waals surface area contributed by atoms with E-state index in [1.165, 1.54) is 0 Å². The fraction of sp³-hybridized carbons (Fsp3) is 0.286. The van der Waals surface area contributed by atoms with Crippen molar-refractivity contribution in [2.24, 2.45) is 0 Å². The van der Waals surface area contributed by atoms with Crippen molar-refractivity contribution in [1.29, 1.82) is 0 Å². The second-order valence-corrected chi connectivity index (χ2v) is 7.09. The molecule has 1 amide bonds. The number of para-hydroxylation sites is 1. The third-order valence-electron chi connectivity index (χ3n) is 5.19. The highest BCUT2D eigenvalue weighted by Gasteiger charge is 2.27. The molecule has 9 heteroatoms. The van der Waals surface area contributed by atoms with Gasteiger partial charge in [0.15, 0.2) is 23.0 Å². The van der Waals surface area contributed by atoms with E-state index in [1.54, 1.807) is 25.0 Å². The lowest BCUT2D eigenvalue weighted by Crippen LogP contribution is -2.32. The van der Waals surface area contributed by atoms with Crippen molar-refractivity contribution in [3.05, 3.63) is 52.8 Å². The SMILES string of the molecule is COc1cccc2c1Oc1cc3c(cc1CN(C(=O)Cc1nonc1C)C2)OCO3. The number of nitrogens with zero attached hydrogens (tertiary/aromatic N) is 3. The molecule has 9 nitrogen and oxygen atoms in total. The minimum atomic E-state index is -0.104. The average molecular weight is 409 g/mol. The van der Waals surface area contributed by atoms with E-state index in [0.717, 1.165) is 11.1 Å². The zero-order valence-corrected chi connectivity index (χ0v) is 16.5. The maximum absolute atomic E-state index is 13.2. The summed E-state index contributed by atoms with van der Waals surface area (Å²) in [5.74, 6) is 2.86. The molecule has 0 N–H and O–H groups in total. The third-order valence-corrected chi connectivity index (χ3v) is 5.19. The largest absolute Gasteiger partial charge is 0.493 e. The van der Waals surface area contributed by atoms with Gasteiger partial charge >= 0.3 is 0 Å². The molecule has 1 aromatic heterocycles. The first-order valence-corrected chi connectivity index (χ1v) is 9.44. The Morgan fingerprint density at radius 1 is 1.10 bits per heavy atom. The first kappa shape index (κ1) is 18.3. The molecule has 2 aromatic carbocycles. The Balaban J connectivity index is 1.57. The summed E-state index contributed by atoms with van der Waals surface area (Å²) < 4.78 is 27.5. The van der Waals surface area contributed by atoms with Gasteiger partial charge in [-0.1, -0.05) is 22.4 Å². The molecule has 0 atom stereocenters. The maximum atomic E-state index is 13.2. The number of fused-ring (bicyclic) bond motifs is 3. The molecular weight excluding hydrogens is 390 g/mol. The van der Waals surface area contributed by atoms with Crippen LogP contribution < -0.4 is 18.9 Å². The molecule has 0 aliphatic carbocycles. The van der Waals surface area contributed by atoms with Crippen LogP contribution in [0.1, 0.15) is 22.5 Å². The van der Waals surface area contributed by atoms with Crippen LogP contribution in [0.5, 0.6) is 28.7 Å². The molecule has 5 rings (SSSR count). The molecule has 0 saturated carbocycles. The van der Waals surface area contributed by atoms with Gasteiger partial charge in [0.25, 0.3) is 0 Å². The maximum Gasteiger partial charge on any atom is 0.231 e. The summed E-state index contributed by atoms with van der Waals surface area (Å²) in [5, 5.41) is 7.60. The van der Waals surface area contributed by atoms with Gasteiger partial charge in [0.05, 0.1) is 13.5 Å². The molecule has 0 radical (unpaired) electrons. The number of amides is 1. The molecule has 0 unspecified atom stereocenters. The van der Waals surface area contributed by atoms with Crippen LogP contribution in [0.25, 0.3) is 0 Å². The van der Waals surface area contributed by atoms with E-state index < -0.39 is 0 Å². The van der Waals surface area contributed by atoms with E-state index >= 15 is 0 Å². The fourth-order valence-corrected chi connectivity index (χ4v) is 3.56. The highest BCUT2D eigenvalue weighted by atomic mass is 16.7.